The van der Waals surface area contributed by atoms with Crippen molar-refractivity contribution in [3.05, 3.63) is 0 Å². The molecule has 0 aromatic carbocycles. The third-order valence-electron chi connectivity index (χ3n) is 1.60. The summed E-state index contributed by atoms with van der Waals surface area (Å²) in [5, 5.41) is 8.70. The van der Waals surface area contributed by atoms with Crippen LogP contribution in [-0.2, 0) is 4.74 Å². The number of nitrogens with one attached hydrogen (secondary N) is 3. The van der Waals surface area contributed by atoms with Gasteiger partial charge in [0.1, 0.15) is 12.6 Å². The standard InChI is InChI=1S/C5H11N5O/c1-2-11-5(6-1)3-10-8-4-7-9-10/h4-6,9H,1-3H2,(H,7,8). The number of rotatable bonds is 2. The number of hydrazone groups is 1. The molecule has 2 aliphatic rings. The van der Waals surface area contributed by atoms with Crippen LogP contribution in [0, 0.1) is 0 Å². The quantitative estimate of drug-likeness (QED) is 0.441. The molecule has 6 heteroatoms. The summed E-state index contributed by atoms with van der Waals surface area (Å²) >= 11 is 0. The van der Waals surface area contributed by atoms with Gasteiger partial charge in [-0.25, -0.2) is 5.53 Å². The summed E-state index contributed by atoms with van der Waals surface area (Å²) in [4.78, 5) is 0. The highest BCUT2D eigenvalue weighted by Crippen LogP contribution is 1.96. The third kappa shape index (κ3) is 1.59. The van der Waals surface area contributed by atoms with Gasteiger partial charge in [-0.05, 0) is 0 Å². The summed E-state index contributed by atoms with van der Waals surface area (Å²) in [6.07, 6.45) is 1.70. The van der Waals surface area contributed by atoms with E-state index in [-0.39, 0.29) is 6.23 Å². The van der Waals surface area contributed by atoms with Crippen molar-refractivity contribution >= 4 is 6.34 Å². The van der Waals surface area contributed by atoms with E-state index in [0.29, 0.717) is 0 Å². The number of nitrogens with zero attached hydrogens (tertiary/aromatic N) is 2. The number of hydrazine groups is 2. The molecule has 3 N–H and O–H groups in total. The van der Waals surface area contributed by atoms with E-state index in [1.807, 2.05) is 0 Å². The summed E-state index contributed by atoms with van der Waals surface area (Å²) in [6, 6.07) is 0. The molecule has 6 nitrogen and oxygen atoms in total. The van der Waals surface area contributed by atoms with Gasteiger partial charge in [0.05, 0.1) is 13.2 Å². The highest BCUT2D eigenvalue weighted by Gasteiger charge is 2.18. The highest BCUT2D eigenvalue weighted by atomic mass is 16.5. The van der Waals surface area contributed by atoms with E-state index in [1.54, 1.807) is 11.5 Å². The molecule has 0 radical (unpaired) electrons. The van der Waals surface area contributed by atoms with Crippen LogP contribution in [0.1, 0.15) is 0 Å². The molecule has 0 saturated carbocycles. The second-order valence-electron chi connectivity index (χ2n) is 2.41. The first-order valence-electron chi connectivity index (χ1n) is 3.61. The van der Waals surface area contributed by atoms with Crippen LogP contribution in [0.5, 0.6) is 0 Å². The second-order valence-corrected chi connectivity index (χ2v) is 2.41. The lowest BCUT2D eigenvalue weighted by Gasteiger charge is -2.18. The Morgan fingerprint density at radius 3 is 3.36 bits per heavy atom. The number of hydrogen-bond donors (Lipinski definition) is 3. The van der Waals surface area contributed by atoms with Crippen molar-refractivity contribution in [2.45, 2.75) is 6.23 Å². The Labute approximate surface area is 64.5 Å². The Kier molecular flexibility index (Phi) is 1.89. The maximum Gasteiger partial charge on any atom is 0.126 e. The molecule has 0 aliphatic carbocycles. The monoisotopic (exact) mass is 157 g/mol. The zero-order chi connectivity index (χ0) is 7.52. The van der Waals surface area contributed by atoms with Crippen LogP contribution in [0.25, 0.3) is 0 Å². The fraction of sp³-hybridized carbons (Fsp3) is 0.800. The minimum atomic E-state index is 0.108. The lowest BCUT2D eigenvalue weighted by Crippen LogP contribution is -2.46. The van der Waals surface area contributed by atoms with Crippen LogP contribution in [0.15, 0.2) is 5.10 Å². The van der Waals surface area contributed by atoms with Crippen molar-refractivity contribution in [1.82, 2.24) is 21.4 Å². The smallest absolute Gasteiger partial charge is 0.126 e. The van der Waals surface area contributed by atoms with Gasteiger partial charge in [-0.2, -0.15) is 5.10 Å². The zero-order valence-electron chi connectivity index (χ0n) is 6.08. The normalized spacial score (nSPS) is 30.4. The van der Waals surface area contributed by atoms with E-state index < -0.39 is 0 Å². The van der Waals surface area contributed by atoms with E-state index in [4.69, 9.17) is 4.74 Å². The van der Waals surface area contributed by atoms with Crippen molar-refractivity contribution in [2.24, 2.45) is 5.10 Å². The number of ether oxygens (including phenoxy) is 1. The maximum absolute atomic E-state index is 5.33. The molecule has 1 saturated heterocycles. The minimum absolute atomic E-state index is 0.108. The van der Waals surface area contributed by atoms with Crippen molar-refractivity contribution in [3.8, 4) is 0 Å². The summed E-state index contributed by atoms with van der Waals surface area (Å²) < 4.78 is 5.33. The molecule has 1 atom stereocenters. The molecule has 2 rings (SSSR count). The average molecular weight is 157 g/mol. The van der Waals surface area contributed by atoms with Crippen LogP contribution in [-0.4, -0.2) is 37.4 Å². The van der Waals surface area contributed by atoms with Gasteiger partial charge in [0, 0.05) is 6.54 Å². The first-order valence-corrected chi connectivity index (χ1v) is 3.61. The third-order valence-corrected chi connectivity index (χ3v) is 1.60. The van der Waals surface area contributed by atoms with Gasteiger partial charge in [0.2, 0.25) is 0 Å². The zero-order valence-corrected chi connectivity index (χ0v) is 6.08. The van der Waals surface area contributed by atoms with Crippen molar-refractivity contribution in [3.63, 3.8) is 0 Å². The van der Waals surface area contributed by atoms with Gasteiger partial charge in [-0.15, -0.1) is 5.12 Å². The Balaban J connectivity index is 1.72. The predicted molar refractivity (Wildman–Crippen MR) is 39.2 cm³/mol. The largest absolute Gasteiger partial charge is 0.361 e. The van der Waals surface area contributed by atoms with Gasteiger partial charge in [-0.3, -0.25) is 10.7 Å². The molecule has 11 heavy (non-hydrogen) atoms. The maximum atomic E-state index is 5.33. The molecular formula is C5H11N5O. The minimum Gasteiger partial charge on any atom is -0.361 e. The highest BCUT2D eigenvalue weighted by molar-refractivity contribution is 5.54. The van der Waals surface area contributed by atoms with E-state index in [1.165, 1.54) is 0 Å². The molecule has 2 aliphatic heterocycles. The fourth-order valence-electron chi connectivity index (χ4n) is 1.08. The van der Waals surface area contributed by atoms with Crippen LogP contribution in [0.3, 0.4) is 0 Å². The Hall–Kier alpha value is -0.850. The van der Waals surface area contributed by atoms with Crippen molar-refractivity contribution < 1.29 is 4.74 Å². The molecule has 0 bridgehead atoms. The molecular weight excluding hydrogens is 146 g/mol. The molecule has 0 amide bonds. The number of hydrogen-bond acceptors (Lipinski definition) is 6. The molecule has 1 unspecified atom stereocenters. The van der Waals surface area contributed by atoms with Crippen LogP contribution < -0.4 is 16.3 Å². The molecule has 0 spiro atoms. The SMILES string of the molecule is C1=NNN(CC2NCCO2)N1. The van der Waals surface area contributed by atoms with Gasteiger partial charge in [-0.1, -0.05) is 0 Å². The molecule has 0 aromatic rings. The summed E-state index contributed by atoms with van der Waals surface area (Å²) in [5.41, 5.74) is 5.65. The first-order chi connectivity index (χ1) is 5.45. The average Bonchev–Trinajstić information content (AvgIpc) is 2.60. The molecule has 62 valence electrons. The Morgan fingerprint density at radius 1 is 1.73 bits per heavy atom. The van der Waals surface area contributed by atoms with Crippen LogP contribution in [0.2, 0.25) is 0 Å². The molecule has 0 aromatic heterocycles. The van der Waals surface area contributed by atoms with E-state index in [9.17, 15) is 0 Å². The second kappa shape index (κ2) is 3.04. The Bertz CT molecular complexity index is 147. The predicted octanol–water partition coefficient (Wildman–Crippen LogP) is -1.80. The van der Waals surface area contributed by atoms with Crippen LogP contribution >= 0.6 is 0 Å². The van der Waals surface area contributed by atoms with Gasteiger partial charge in [0.15, 0.2) is 0 Å². The lowest BCUT2D eigenvalue weighted by molar-refractivity contribution is 0.0396. The van der Waals surface area contributed by atoms with Gasteiger partial charge in [0.25, 0.3) is 0 Å². The first kappa shape index (κ1) is 6.84. The summed E-state index contributed by atoms with van der Waals surface area (Å²) in [5.74, 6) is 0. The molecule has 1 fully saturated rings. The topological polar surface area (TPSA) is 60.9 Å². The van der Waals surface area contributed by atoms with Crippen molar-refractivity contribution in [1.29, 1.82) is 0 Å². The van der Waals surface area contributed by atoms with E-state index >= 15 is 0 Å². The summed E-state index contributed by atoms with van der Waals surface area (Å²) in [6.45, 7) is 2.46. The van der Waals surface area contributed by atoms with Gasteiger partial charge < -0.3 is 4.74 Å². The van der Waals surface area contributed by atoms with E-state index in [0.717, 1.165) is 19.7 Å². The van der Waals surface area contributed by atoms with Gasteiger partial charge >= 0.3 is 0 Å². The van der Waals surface area contributed by atoms with E-state index in [2.05, 4.69) is 21.4 Å². The van der Waals surface area contributed by atoms with Crippen molar-refractivity contribution in [2.75, 3.05) is 19.7 Å². The Morgan fingerprint density at radius 2 is 2.73 bits per heavy atom. The lowest BCUT2D eigenvalue weighted by atomic mass is 10.6. The summed E-state index contributed by atoms with van der Waals surface area (Å²) in [7, 11) is 0. The molecule has 2 heterocycles. The fourth-order valence-corrected chi connectivity index (χ4v) is 1.08. The van der Waals surface area contributed by atoms with Crippen LogP contribution in [0.4, 0.5) is 0 Å².